The average molecular weight is 305 g/mol. The highest BCUT2D eigenvalue weighted by molar-refractivity contribution is 6.29. The van der Waals surface area contributed by atoms with Gasteiger partial charge in [0.25, 0.3) is 5.91 Å². The van der Waals surface area contributed by atoms with Crippen LogP contribution in [0.2, 0.25) is 5.15 Å². The number of benzene rings is 1. The number of rotatable bonds is 4. The maximum absolute atomic E-state index is 12.0. The van der Waals surface area contributed by atoms with E-state index in [1.807, 2.05) is 0 Å². The quantitative estimate of drug-likeness (QED) is 0.909. The molecule has 0 radical (unpaired) electrons. The Labute approximate surface area is 126 Å². The van der Waals surface area contributed by atoms with E-state index in [1.54, 1.807) is 31.2 Å². The van der Waals surface area contributed by atoms with Gasteiger partial charge in [-0.1, -0.05) is 24.6 Å². The van der Waals surface area contributed by atoms with Gasteiger partial charge in [0, 0.05) is 17.8 Å². The molecule has 0 aliphatic heterocycles. The number of aromatic nitrogens is 2. The van der Waals surface area contributed by atoms with Gasteiger partial charge in [-0.05, 0) is 30.3 Å². The summed E-state index contributed by atoms with van der Waals surface area (Å²) in [4.78, 5) is 23.3. The largest absolute Gasteiger partial charge is 0.326 e. The Morgan fingerprint density at radius 2 is 1.81 bits per heavy atom. The smallest absolute Gasteiger partial charge is 0.276 e. The van der Waals surface area contributed by atoms with Gasteiger partial charge in [-0.25, -0.2) is 0 Å². The van der Waals surface area contributed by atoms with E-state index in [0.29, 0.717) is 17.8 Å². The normalized spacial score (nSPS) is 10.0. The number of hydrogen-bond donors (Lipinski definition) is 2. The summed E-state index contributed by atoms with van der Waals surface area (Å²) >= 11 is 5.61. The molecule has 0 saturated carbocycles. The van der Waals surface area contributed by atoms with Crippen LogP contribution in [0.3, 0.4) is 0 Å². The molecule has 108 valence electrons. The van der Waals surface area contributed by atoms with Crippen molar-refractivity contribution in [3.05, 3.63) is 47.2 Å². The van der Waals surface area contributed by atoms with Crippen molar-refractivity contribution in [1.82, 2.24) is 10.2 Å². The van der Waals surface area contributed by atoms with Crippen molar-refractivity contribution >= 4 is 34.8 Å². The first-order valence-corrected chi connectivity index (χ1v) is 6.67. The van der Waals surface area contributed by atoms with Crippen LogP contribution in [0.5, 0.6) is 0 Å². The zero-order valence-electron chi connectivity index (χ0n) is 11.3. The molecule has 0 spiro atoms. The van der Waals surface area contributed by atoms with Crippen LogP contribution in [0.4, 0.5) is 11.4 Å². The van der Waals surface area contributed by atoms with Crippen LogP contribution in [0.1, 0.15) is 23.8 Å². The third-order valence-electron chi connectivity index (χ3n) is 2.59. The first kappa shape index (κ1) is 14.9. The van der Waals surface area contributed by atoms with E-state index in [-0.39, 0.29) is 16.8 Å². The van der Waals surface area contributed by atoms with E-state index >= 15 is 0 Å². The Morgan fingerprint density at radius 1 is 1.10 bits per heavy atom. The molecular formula is C14H13ClN4O2. The Hall–Kier alpha value is -2.47. The second-order valence-electron chi connectivity index (χ2n) is 4.18. The Balaban J connectivity index is 2.08. The van der Waals surface area contributed by atoms with Crippen molar-refractivity contribution in [1.29, 1.82) is 0 Å². The van der Waals surface area contributed by atoms with E-state index in [0.717, 1.165) is 0 Å². The molecule has 2 aromatic rings. The molecule has 21 heavy (non-hydrogen) atoms. The van der Waals surface area contributed by atoms with Crippen LogP contribution in [0.25, 0.3) is 0 Å². The molecule has 2 rings (SSSR count). The molecule has 2 N–H and O–H groups in total. The minimum Gasteiger partial charge on any atom is -0.326 e. The number of nitrogens with zero attached hydrogens (tertiary/aromatic N) is 2. The van der Waals surface area contributed by atoms with Gasteiger partial charge in [0.2, 0.25) is 5.91 Å². The number of nitrogens with one attached hydrogen (secondary N) is 2. The second kappa shape index (κ2) is 6.81. The molecule has 1 aromatic carbocycles. The van der Waals surface area contributed by atoms with Gasteiger partial charge in [-0.15, -0.1) is 10.2 Å². The van der Waals surface area contributed by atoms with E-state index < -0.39 is 5.91 Å². The molecule has 0 fully saturated rings. The molecular weight excluding hydrogens is 292 g/mol. The fourth-order valence-electron chi connectivity index (χ4n) is 1.56. The molecule has 0 unspecified atom stereocenters. The first-order valence-electron chi connectivity index (χ1n) is 6.29. The van der Waals surface area contributed by atoms with Gasteiger partial charge >= 0.3 is 0 Å². The zero-order valence-corrected chi connectivity index (χ0v) is 12.0. The Morgan fingerprint density at radius 3 is 2.43 bits per heavy atom. The molecule has 7 heteroatoms. The summed E-state index contributed by atoms with van der Waals surface area (Å²) in [6.07, 6.45) is 0.386. The molecule has 1 heterocycles. The highest BCUT2D eigenvalue weighted by Crippen LogP contribution is 2.16. The number of halogens is 1. The summed E-state index contributed by atoms with van der Waals surface area (Å²) in [5, 5.41) is 12.9. The number of anilines is 2. The monoisotopic (exact) mass is 304 g/mol. The summed E-state index contributed by atoms with van der Waals surface area (Å²) in [5.41, 5.74) is 1.31. The topological polar surface area (TPSA) is 84.0 Å². The van der Waals surface area contributed by atoms with Crippen LogP contribution in [-0.4, -0.2) is 22.0 Å². The predicted molar refractivity (Wildman–Crippen MR) is 80.4 cm³/mol. The lowest BCUT2D eigenvalue weighted by Gasteiger charge is -2.07. The molecule has 0 atom stereocenters. The maximum atomic E-state index is 12.0. The van der Waals surface area contributed by atoms with Gasteiger partial charge in [-0.2, -0.15) is 0 Å². The Bertz CT molecular complexity index is 658. The van der Waals surface area contributed by atoms with Gasteiger partial charge in [0.1, 0.15) is 0 Å². The van der Waals surface area contributed by atoms with Crippen LogP contribution < -0.4 is 10.6 Å². The van der Waals surface area contributed by atoms with E-state index in [4.69, 9.17) is 11.6 Å². The van der Waals surface area contributed by atoms with Crippen molar-refractivity contribution in [2.45, 2.75) is 13.3 Å². The van der Waals surface area contributed by atoms with E-state index in [2.05, 4.69) is 20.8 Å². The van der Waals surface area contributed by atoms with Gasteiger partial charge < -0.3 is 10.6 Å². The van der Waals surface area contributed by atoms with Crippen LogP contribution in [0, 0.1) is 0 Å². The van der Waals surface area contributed by atoms with Crippen molar-refractivity contribution < 1.29 is 9.59 Å². The third-order valence-corrected chi connectivity index (χ3v) is 2.79. The lowest BCUT2D eigenvalue weighted by molar-refractivity contribution is -0.115. The molecule has 6 nitrogen and oxygen atoms in total. The first-order chi connectivity index (χ1) is 10.1. The van der Waals surface area contributed by atoms with Crippen LogP contribution in [-0.2, 0) is 4.79 Å². The average Bonchev–Trinajstić information content (AvgIpc) is 2.48. The minimum atomic E-state index is -0.405. The Kier molecular flexibility index (Phi) is 4.84. The summed E-state index contributed by atoms with van der Waals surface area (Å²) in [6.45, 7) is 1.76. The number of hydrogen-bond acceptors (Lipinski definition) is 4. The molecule has 0 aliphatic carbocycles. The highest BCUT2D eigenvalue weighted by Gasteiger charge is 2.09. The fourth-order valence-corrected chi connectivity index (χ4v) is 1.66. The van der Waals surface area contributed by atoms with Crippen LogP contribution >= 0.6 is 11.6 Å². The summed E-state index contributed by atoms with van der Waals surface area (Å²) < 4.78 is 0. The van der Waals surface area contributed by atoms with Crippen molar-refractivity contribution in [3.8, 4) is 0 Å². The zero-order chi connectivity index (χ0) is 15.2. The highest BCUT2D eigenvalue weighted by atomic mass is 35.5. The number of carbonyl (C=O) groups excluding carboxylic acids is 2. The number of carbonyl (C=O) groups is 2. The van der Waals surface area contributed by atoms with Crippen molar-refractivity contribution in [2.75, 3.05) is 10.6 Å². The lowest BCUT2D eigenvalue weighted by Crippen LogP contribution is -2.15. The van der Waals surface area contributed by atoms with Crippen molar-refractivity contribution in [3.63, 3.8) is 0 Å². The van der Waals surface area contributed by atoms with Gasteiger partial charge in [0.15, 0.2) is 10.8 Å². The lowest BCUT2D eigenvalue weighted by atomic mass is 10.2. The summed E-state index contributed by atoms with van der Waals surface area (Å²) in [5.74, 6) is -0.500. The second-order valence-corrected chi connectivity index (χ2v) is 4.57. The van der Waals surface area contributed by atoms with Gasteiger partial charge in [0.05, 0.1) is 0 Å². The van der Waals surface area contributed by atoms with Gasteiger partial charge in [-0.3, -0.25) is 9.59 Å². The molecule has 0 bridgehead atoms. The molecule has 0 aliphatic rings. The predicted octanol–water partition coefficient (Wildman–Crippen LogP) is 2.73. The standard InChI is InChI=1S/C14H13ClN4O2/c1-2-13(20)16-9-4-3-5-10(8-9)17-14(21)11-6-7-12(15)19-18-11/h3-8H,2H2,1H3,(H,16,20)(H,17,21). The summed E-state index contributed by atoms with van der Waals surface area (Å²) in [6, 6.07) is 9.81. The summed E-state index contributed by atoms with van der Waals surface area (Å²) in [7, 11) is 0. The van der Waals surface area contributed by atoms with E-state index in [9.17, 15) is 9.59 Å². The maximum Gasteiger partial charge on any atom is 0.276 e. The molecule has 1 aromatic heterocycles. The fraction of sp³-hybridized carbons (Fsp3) is 0.143. The minimum absolute atomic E-state index is 0.0953. The van der Waals surface area contributed by atoms with Crippen LogP contribution in [0.15, 0.2) is 36.4 Å². The third kappa shape index (κ3) is 4.25. The van der Waals surface area contributed by atoms with Crippen molar-refractivity contribution in [2.24, 2.45) is 0 Å². The van der Waals surface area contributed by atoms with E-state index in [1.165, 1.54) is 12.1 Å². The molecule has 2 amide bonds. The molecule has 0 saturated heterocycles. The SMILES string of the molecule is CCC(=O)Nc1cccc(NC(=O)c2ccc(Cl)nn2)c1. The number of amides is 2.